The van der Waals surface area contributed by atoms with E-state index in [2.05, 4.69) is 0 Å². The lowest BCUT2D eigenvalue weighted by Gasteiger charge is -2.12. The molecule has 0 amide bonds. The van der Waals surface area contributed by atoms with Gasteiger partial charge in [-0.3, -0.25) is 4.79 Å². The Morgan fingerprint density at radius 3 is 2.94 bits per heavy atom. The molecule has 0 saturated carbocycles. The Hall–Kier alpha value is -1.46. The predicted octanol–water partition coefficient (Wildman–Crippen LogP) is 1.52. The van der Waals surface area contributed by atoms with Gasteiger partial charge in [0.25, 0.3) is 0 Å². The Labute approximate surface area is 105 Å². The third-order valence-electron chi connectivity index (χ3n) is 3.11. The molecular formula is C13H16FNO3. The topological polar surface area (TPSA) is 61.5 Å². The fraction of sp³-hybridized carbons (Fsp3) is 0.462. The molecule has 0 radical (unpaired) electrons. The molecule has 1 aliphatic rings. The quantitative estimate of drug-likeness (QED) is 0.826. The molecule has 2 atom stereocenters. The Morgan fingerprint density at radius 1 is 1.56 bits per heavy atom. The van der Waals surface area contributed by atoms with Crippen molar-refractivity contribution in [2.75, 3.05) is 13.7 Å². The molecule has 2 N–H and O–H groups in total. The summed E-state index contributed by atoms with van der Waals surface area (Å²) in [5.74, 6) is -0.915. The summed E-state index contributed by atoms with van der Waals surface area (Å²) in [5.41, 5.74) is 5.49. The lowest BCUT2D eigenvalue weighted by molar-refractivity contribution is 0.0400. The van der Waals surface area contributed by atoms with Gasteiger partial charge >= 0.3 is 0 Å². The van der Waals surface area contributed by atoms with E-state index < -0.39 is 11.9 Å². The zero-order valence-electron chi connectivity index (χ0n) is 10.2. The van der Waals surface area contributed by atoms with Crippen LogP contribution in [0, 0.1) is 5.82 Å². The van der Waals surface area contributed by atoms with Gasteiger partial charge in [-0.15, -0.1) is 0 Å². The van der Waals surface area contributed by atoms with Gasteiger partial charge in [0.05, 0.1) is 18.8 Å². The number of rotatable bonds is 4. The summed E-state index contributed by atoms with van der Waals surface area (Å²) in [7, 11) is 1.36. The number of methoxy groups -OCH3 is 1. The van der Waals surface area contributed by atoms with Crippen LogP contribution in [0.3, 0.4) is 0 Å². The van der Waals surface area contributed by atoms with Gasteiger partial charge in [0.2, 0.25) is 0 Å². The summed E-state index contributed by atoms with van der Waals surface area (Å²) >= 11 is 0. The average Bonchev–Trinajstić information content (AvgIpc) is 2.87. The lowest BCUT2D eigenvalue weighted by atomic mass is 10.0. The summed E-state index contributed by atoms with van der Waals surface area (Å²) in [5, 5.41) is 0. The zero-order valence-corrected chi connectivity index (χ0v) is 10.2. The van der Waals surface area contributed by atoms with E-state index in [1.807, 2.05) is 0 Å². The number of carbonyl (C=O) groups excluding carboxylic acids is 1. The average molecular weight is 253 g/mol. The number of ether oxygens (including phenoxy) is 2. The Bertz CT molecular complexity index is 450. The van der Waals surface area contributed by atoms with Crippen LogP contribution in [0.2, 0.25) is 0 Å². The maximum Gasteiger partial charge on any atom is 0.194 e. The van der Waals surface area contributed by atoms with Gasteiger partial charge in [-0.1, -0.05) is 6.07 Å². The van der Waals surface area contributed by atoms with Gasteiger partial charge in [-0.2, -0.15) is 0 Å². The van der Waals surface area contributed by atoms with Crippen LogP contribution in [0.15, 0.2) is 18.2 Å². The molecule has 0 aromatic heterocycles. The number of benzene rings is 1. The van der Waals surface area contributed by atoms with Crippen LogP contribution in [0.25, 0.3) is 0 Å². The Morgan fingerprint density at radius 2 is 2.33 bits per heavy atom. The van der Waals surface area contributed by atoms with Crippen molar-refractivity contribution in [3.05, 3.63) is 29.6 Å². The largest absolute Gasteiger partial charge is 0.494 e. The normalized spacial score (nSPS) is 23.1. The maximum absolute atomic E-state index is 13.9. The van der Waals surface area contributed by atoms with Crippen LogP contribution < -0.4 is 10.5 Å². The van der Waals surface area contributed by atoms with Crippen molar-refractivity contribution in [2.45, 2.75) is 25.0 Å². The van der Waals surface area contributed by atoms with Crippen LogP contribution in [0.5, 0.6) is 5.75 Å². The Kier molecular flexibility index (Phi) is 3.93. The molecule has 2 unspecified atom stereocenters. The maximum atomic E-state index is 13.9. The van der Waals surface area contributed by atoms with Gasteiger partial charge in [-0.05, 0) is 25.0 Å². The molecule has 1 fully saturated rings. The monoisotopic (exact) mass is 253 g/mol. The first-order valence-electron chi connectivity index (χ1n) is 5.89. The van der Waals surface area contributed by atoms with Gasteiger partial charge in [0.1, 0.15) is 6.10 Å². The van der Waals surface area contributed by atoms with E-state index in [4.69, 9.17) is 15.2 Å². The highest BCUT2D eigenvalue weighted by molar-refractivity contribution is 6.00. The van der Waals surface area contributed by atoms with Crippen LogP contribution in [-0.2, 0) is 4.74 Å². The molecular weight excluding hydrogens is 237 g/mol. The van der Waals surface area contributed by atoms with Crippen molar-refractivity contribution in [3.63, 3.8) is 0 Å². The van der Waals surface area contributed by atoms with Crippen LogP contribution in [0.1, 0.15) is 23.2 Å². The van der Waals surface area contributed by atoms with Crippen molar-refractivity contribution in [1.82, 2.24) is 0 Å². The van der Waals surface area contributed by atoms with E-state index in [0.29, 0.717) is 13.0 Å². The number of carbonyl (C=O) groups is 1. The highest BCUT2D eigenvalue weighted by atomic mass is 19.1. The van der Waals surface area contributed by atoms with E-state index >= 15 is 0 Å². The number of Topliss-reactive ketones (excluding diaryl/α,β-unsaturated/α-hetero) is 1. The molecule has 5 heteroatoms. The molecule has 2 rings (SSSR count). The molecule has 0 aliphatic carbocycles. The second-order valence-corrected chi connectivity index (χ2v) is 4.25. The van der Waals surface area contributed by atoms with Crippen molar-refractivity contribution < 1.29 is 18.7 Å². The minimum atomic E-state index is -0.634. The summed E-state index contributed by atoms with van der Waals surface area (Å²) in [6.45, 7) is 0.379. The molecule has 1 aromatic rings. The lowest BCUT2D eigenvalue weighted by Crippen LogP contribution is -2.25. The van der Waals surface area contributed by atoms with E-state index in [1.165, 1.54) is 19.2 Å². The Balaban J connectivity index is 2.19. The summed E-state index contributed by atoms with van der Waals surface area (Å²) in [4.78, 5) is 12.1. The van der Waals surface area contributed by atoms with E-state index in [1.54, 1.807) is 6.07 Å². The molecule has 98 valence electrons. The summed E-state index contributed by atoms with van der Waals surface area (Å²) in [6, 6.07) is 4.51. The van der Waals surface area contributed by atoms with Crippen LogP contribution in [-0.4, -0.2) is 31.6 Å². The van der Waals surface area contributed by atoms with Crippen molar-refractivity contribution >= 4 is 5.78 Å². The van der Waals surface area contributed by atoms with Crippen LogP contribution in [0.4, 0.5) is 4.39 Å². The van der Waals surface area contributed by atoms with E-state index in [0.717, 1.165) is 6.42 Å². The smallest absolute Gasteiger partial charge is 0.194 e. The second-order valence-electron chi connectivity index (χ2n) is 4.25. The predicted molar refractivity (Wildman–Crippen MR) is 64.2 cm³/mol. The van der Waals surface area contributed by atoms with Gasteiger partial charge in [0, 0.05) is 6.54 Å². The number of halogens is 1. The molecule has 1 saturated heterocycles. The molecule has 1 aliphatic heterocycles. The standard InChI is InChI=1S/C13H16FNO3/c1-17-10-4-2-3-9(12(10)14)13(16)11-6-5-8(7-15)18-11/h2-4,8,11H,5-7,15H2,1H3. The van der Waals surface area contributed by atoms with E-state index in [9.17, 15) is 9.18 Å². The summed E-state index contributed by atoms with van der Waals surface area (Å²) in [6.07, 6.45) is 0.614. The second kappa shape index (κ2) is 5.46. The molecule has 0 bridgehead atoms. The minimum absolute atomic E-state index is 0.0111. The molecule has 0 spiro atoms. The first-order valence-corrected chi connectivity index (χ1v) is 5.89. The van der Waals surface area contributed by atoms with Gasteiger partial charge in [0.15, 0.2) is 17.3 Å². The highest BCUT2D eigenvalue weighted by Gasteiger charge is 2.32. The van der Waals surface area contributed by atoms with Crippen LogP contribution >= 0.6 is 0 Å². The van der Waals surface area contributed by atoms with Gasteiger partial charge < -0.3 is 15.2 Å². The first-order chi connectivity index (χ1) is 8.67. The van der Waals surface area contributed by atoms with Crippen molar-refractivity contribution in [1.29, 1.82) is 0 Å². The molecule has 4 nitrogen and oxygen atoms in total. The third kappa shape index (κ3) is 2.37. The van der Waals surface area contributed by atoms with Crippen molar-refractivity contribution in [2.24, 2.45) is 5.73 Å². The number of hydrogen-bond donors (Lipinski definition) is 1. The third-order valence-corrected chi connectivity index (χ3v) is 3.11. The molecule has 1 heterocycles. The molecule has 18 heavy (non-hydrogen) atoms. The zero-order chi connectivity index (χ0) is 13.1. The van der Waals surface area contributed by atoms with E-state index in [-0.39, 0.29) is 23.2 Å². The van der Waals surface area contributed by atoms with Gasteiger partial charge in [-0.25, -0.2) is 4.39 Å². The fourth-order valence-corrected chi connectivity index (χ4v) is 2.10. The number of ketones is 1. The number of nitrogens with two attached hydrogens (primary N) is 1. The minimum Gasteiger partial charge on any atom is -0.494 e. The van der Waals surface area contributed by atoms with Crippen molar-refractivity contribution in [3.8, 4) is 5.75 Å². The SMILES string of the molecule is COc1cccc(C(=O)C2CCC(CN)O2)c1F. The highest BCUT2D eigenvalue weighted by Crippen LogP contribution is 2.26. The molecule has 1 aromatic carbocycles. The number of hydrogen-bond acceptors (Lipinski definition) is 4. The fourth-order valence-electron chi connectivity index (χ4n) is 2.10. The summed E-state index contributed by atoms with van der Waals surface area (Å²) < 4.78 is 24.3. The first kappa shape index (κ1) is 13.0.